The van der Waals surface area contributed by atoms with Gasteiger partial charge in [-0.25, -0.2) is 4.79 Å². The number of halogens is 5. The SMILES string of the molecule is O=C(Nc1cc(Cl)cc(OC(F)(F)F)c1)Nc1cccc(Br)c1CO. The van der Waals surface area contributed by atoms with E-state index in [-0.39, 0.29) is 17.3 Å². The molecule has 0 aliphatic carbocycles. The second-order valence-electron chi connectivity index (χ2n) is 4.73. The van der Waals surface area contributed by atoms with Gasteiger partial charge in [0, 0.05) is 32.5 Å². The minimum Gasteiger partial charge on any atom is -0.406 e. The van der Waals surface area contributed by atoms with E-state index in [1.807, 2.05) is 0 Å². The van der Waals surface area contributed by atoms with Gasteiger partial charge in [-0.1, -0.05) is 33.6 Å². The number of hydrogen-bond acceptors (Lipinski definition) is 3. The van der Waals surface area contributed by atoms with E-state index in [9.17, 15) is 23.1 Å². The topological polar surface area (TPSA) is 70.6 Å². The van der Waals surface area contributed by atoms with Crippen molar-refractivity contribution in [1.29, 1.82) is 0 Å². The molecule has 10 heteroatoms. The molecule has 0 atom stereocenters. The Labute approximate surface area is 153 Å². The zero-order chi connectivity index (χ0) is 18.6. The lowest BCUT2D eigenvalue weighted by Gasteiger charge is -2.14. The number of carbonyl (C=O) groups is 1. The first-order chi connectivity index (χ1) is 11.7. The zero-order valence-electron chi connectivity index (χ0n) is 12.3. The summed E-state index contributed by atoms with van der Waals surface area (Å²) in [6, 6.07) is 7.38. The van der Waals surface area contributed by atoms with E-state index >= 15 is 0 Å². The monoisotopic (exact) mass is 438 g/mol. The lowest BCUT2D eigenvalue weighted by Crippen LogP contribution is -2.21. The molecule has 0 spiro atoms. The highest BCUT2D eigenvalue weighted by Gasteiger charge is 2.31. The van der Waals surface area contributed by atoms with Gasteiger partial charge in [0.05, 0.1) is 6.61 Å². The van der Waals surface area contributed by atoms with Gasteiger partial charge in [0.25, 0.3) is 0 Å². The fourth-order valence-electron chi connectivity index (χ4n) is 1.95. The lowest BCUT2D eigenvalue weighted by molar-refractivity contribution is -0.274. The third kappa shape index (κ3) is 5.80. The van der Waals surface area contributed by atoms with E-state index in [4.69, 9.17) is 11.6 Å². The summed E-state index contributed by atoms with van der Waals surface area (Å²) in [5.41, 5.74) is 0.790. The molecule has 0 saturated carbocycles. The van der Waals surface area contributed by atoms with Crippen LogP contribution in [0.25, 0.3) is 0 Å². The van der Waals surface area contributed by atoms with Gasteiger partial charge in [-0.05, 0) is 24.3 Å². The molecule has 0 saturated heterocycles. The average Bonchev–Trinajstić information content (AvgIpc) is 2.44. The Morgan fingerprint density at radius 3 is 2.60 bits per heavy atom. The Balaban J connectivity index is 2.14. The van der Waals surface area contributed by atoms with E-state index < -0.39 is 18.1 Å². The molecule has 25 heavy (non-hydrogen) atoms. The highest BCUT2D eigenvalue weighted by atomic mass is 79.9. The Hall–Kier alpha value is -1.97. The van der Waals surface area contributed by atoms with Gasteiger partial charge >= 0.3 is 12.4 Å². The van der Waals surface area contributed by atoms with Crippen LogP contribution >= 0.6 is 27.5 Å². The van der Waals surface area contributed by atoms with Gasteiger partial charge in [-0.2, -0.15) is 0 Å². The Kier molecular flexibility index (Phi) is 6.15. The van der Waals surface area contributed by atoms with Gasteiger partial charge in [0.2, 0.25) is 0 Å². The number of aliphatic hydroxyl groups is 1. The van der Waals surface area contributed by atoms with Crippen LogP contribution in [0.3, 0.4) is 0 Å². The zero-order valence-corrected chi connectivity index (χ0v) is 14.7. The van der Waals surface area contributed by atoms with E-state index in [2.05, 4.69) is 31.3 Å². The third-order valence-electron chi connectivity index (χ3n) is 2.89. The van der Waals surface area contributed by atoms with Crippen LogP contribution in [0.4, 0.5) is 29.3 Å². The smallest absolute Gasteiger partial charge is 0.406 e. The molecule has 0 aliphatic rings. The average molecular weight is 440 g/mol. The van der Waals surface area contributed by atoms with Gasteiger partial charge in [0.15, 0.2) is 0 Å². The van der Waals surface area contributed by atoms with Gasteiger partial charge in [-0.15, -0.1) is 13.2 Å². The maximum atomic E-state index is 12.3. The van der Waals surface area contributed by atoms with Crippen molar-refractivity contribution >= 4 is 44.9 Å². The van der Waals surface area contributed by atoms with Crippen molar-refractivity contribution in [1.82, 2.24) is 0 Å². The molecule has 0 radical (unpaired) electrons. The molecule has 134 valence electrons. The van der Waals surface area contributed by atoms with Crippen molar-refractivity contribution in [2.75, 3.05) is 10.6 Å². The summed E-state index contributed by atoms with van der Waals surface area (Å²) in [7, 11) is 0. The summed E-state index contributed by atoms with van der Waals surface area (Å²) >= 11 is 8.97. The summed E-state index contributed by atoms with van der Waals surface area (Å²) < 4.78 is 41.2. The van der Waals surface area contributed by atoms with Crippen molar-refractivity contribution in [2.45, 2.75) is 13.0 Å². The van der Waals surface area contributed by atoms with E-state index in [0.717, 1.165) is 12.1 Å². The number of hydrogen-bond donors (Lipinski definition) is 3. The molecule has 2 amide bonds. The minimum absolute atomic E-state index is 0.00444. The quantitative estimate of drug-likeness (QED) is 0.618. The molecule has 0 aromatic heterocycles. The van der Waals surface area contributed by atoms with Crippen LogP contribution in [0.5, 0.6) is 5.75 Å². The summed E-state index contributed by atoms with van der Waals surface area (Å²) in [5, 5.41) is 14.1. The molecule has 0 bridgehead atoms. The molecule has 0 aliphatic heterocycles. The molecule has 3 N–H and O–H groups in total. The van der Waals surface area contributed by atoms with Crippen LogP contribution in [0.15, 0.2) is 40.9 Å². The highest BCUT2D eigenvalue weighted by molar-refractivity contribution is 9.10. The minimum atomic E-state index is -4.88. The molecule has 2 rings (SSSR count). The van der Waals surface area contributed by atoms with Gasteiger partial charge < -0.3 is 20.5 Å². The molecule has 0 fully saturated rings. The van der Waals surface area contributed by atoms with Crippen LogP contribution in [-0.2, 0) is 6.61 Å². The van der Waals surface area contributed by atoms with Crippen LogP contribution in [0, 0.1) is 0 Å². The van der Waals surface area contributed by atoms with E-state index in [1.165, 1.54) is 6.07 Å². The number of rotatable bonds is 4. The van der Waals surface area contributed by atoms with Crippen molar-refractivity contribution in [3.05, 3.63) is 51.5 Å². The fourth-order valence-corrected chi connectivity index (χ4v) is 2.67. The number of anilines is 2. The standard InChI is InChI=1S/C15H11BrClF3N2O3/c16-12-2-1-3-13(11(12)7-23)22-14(24)21-9-4-8(17)5-10(6-9)25-15(18,19)20/h1-6,23H,7H2,(H2,21,22,24). The molecule has 0 heterocycles. The molecule has 0 unspecified atom stereocenters. The number of carbonyl (C=O) groups excluding carboxylic acids is 1. The summed E-state index contributed by atoms with van der Waals surface area (Å²) in [6.07, 6.45) is -4.88. The molecule has 2 aromatic carbocycles. The van der Waals surface area contributed by atoms with Crippen molar-refractivity contribution in [3.8, 4) is 5.75 Å². The maximum Gasteiger partial charge on any atom is 0.573 e. The van der Waals surface area contributed by atoms with Crippen molar-refractivity contribution in [2.24, 2.45) is 0 Å². The summed E-state index contributed by atoms with van der Waals surface area (Å²) in [5.74, 6) is -0.561. The molecular formula is C15H11BrClF3N2O3. The molecule has 2 aromatic rings. The third-order valence-corrected chi connectivity index (χ3v) is 3.85. The normalized spacial score (nSPS) is 11.1. The fraction of sp³-hybridized carbons (Fsp3) is 0.133. The number of nitrogens with one attached hydrogen (secondary N) is 2. The first-order valence-electron chi connectivity index (χ1n) is 6.70. The second-order valence-corrected chi connectivity index (χ2v) is 6.02. The number of ether oxygens (including phenoxy) is 1. The Bertz CT molecular complexity index is 787. The summed E-state index contributed by atoms with van der Waals surface area (Å²) in [6.45, 7) is -0.322. The number of amides is 2. The summed E-state index contributed by atoms with van der Waals surface area (Å²) in [4.78, 5) is 12.0. The number of urea groups is 1. The first-order valence-corrected chi connectivity index (χ1v) is 7.87. The van der Waals surface area contributed by atoms with Crippen molar-refractivity contribution in [3.63, 3.8) is 0 Å². The van der Waals surface area contributed by atoms with Crippen LogP contribution in [-0.4, -0.2) is 17.5 Å². The van der Waals surface area contributed by atoms with E-state index in [0.29, 0.717) is 15.7 Å². The predicted molar refractivity (Wildman–Crippen MR) is 90.8 cm³/mol. The Morgan fingerprint density at radius 2 is 1.96 bits per heavy atom. The molecule has 5 nitrogen and oxygen atoms in total. The maximum absolute atomic E-state index is 12.3. The Morgan fingerprint density at radius 1 is 1.24 bits per heavy atom. The van der Waals surface area contributed by atoms with Crippen LogP contribution in [0.1, 0.15) is 5.56 Å². The van der Waals surface area contributed by atoms with Gasteiger partial charge in [-0.3, -0.25) is 0 Å². The second kappa shape index (κ2) is 7.94. The van der Waals surface area contributed by atoms with Gasteiger partial charge in [0.1, 0.15) is 5.75 Å². The van der Waals surface area contributed by atoms with Crippen LogP contribution in [0.2, 0.25) is 5.02 Å². The highest BCUT2D eigenvalue weighted by Crippen LogP contribution is 2.29. The van der Waals surface area contributed by atoms with E-state index in [1.54, 1.807) is 18.2 Å². The van der Waals surface area contributed by atoms with Crippen molar-refractivity contribution < 1.29 is 27.8 Å². The number of aliphatic hydroxyl groups excluding tert-OH is 1. The first kappa shape index (κ1) is 19.4. The van der Waals surface area contributed by atoms with Crippen LogP contribution < -0.4 is 15.4 Å². The number of benzene rings is 2. The largest absolute Gasteiger partial charge is 0.573 e. The molecular weight excluding hydrogens is 429 g/mol. The predicted octanol–water partition coefficient (Wildman–Crippen LogP) is 5.14. The number of alkyl halides is 3. The lowest BCUT2D eigenvalue weighted by atomic mass is 10.2.